The lowest BCUT2D eigenvalue weighted by molar-refractivity contribution is -0.110. The Labute approximate surface area is 161 Å². The second-order valence-electron chi connectivity index (χ2n) is 7.03. The molecule has 0 unspecified atom stereocenters. The number of amides is 2. The number of anilines is 1. The molecule has 1 fully saturated rings. The molecule has 1 aromatic heterocycles. The molecule has 28 heavy (non-hydrogen) atoms. The van der Waals surface area contributed by atoms with Crippen LogP contribution in [0.2, 0.25) is 0 Å². The third-order valence-electron chi connectivity index (χ3n) is 4.92. The van der Waals surface area contributed by atoms with Gasteiger partial charge in [0.25, 0.3) is 11.8 Å². The third-order valence-corrected chi connectivity index (χ3v) is 4.92. The Morgan fingerprint density at radius 3 is 2.93 bits per heavy atom. The molecule has 2 aliphatic rings. The molecule has 2 amide bonds. The standard InChI is InChI=1S/C20H19FN4O3/c21-15-5-1-4-14(10-15)19(27)25-9-3-7-20(13-25)11-17(24-28-20)18(26)23-16-6-2-8-22-12-16/h1-2,4-6,8,10,12H,3,7,9,11,13H2,(H,23,26)/t20-/m0/s1. The number of nitrogens with zero attached hydrogens (tertiary/aromatic N) is 3. The minimum Gasteiger partial charge on any atom is -0.386 e. The molecule has 0 radical (unpaired) electrons. The number of oxime groups is 1. The number of benzene rings is 1. The van der Waals surface area contributed by atoms with Gasteiger partial charge < -0.3 is 15.1 Å². The van der Waals surface area contributed by atoms with Crippen LogP contribution in [0.3, 0.4) is 0 Å². The van der Waals surface area contributed by atoms with Gasteiger partial charge >= 0.3 is 0 Å². The van der Waals surface area contributed by atoms with Crippen LogP contribution in [0.5, 0.6) is 0 Å². The van der Waals surface area contributed by atoms with Crippen molar-refractivity contribution in [3.8, 4) is 0 Å². The number of likely N-dealkylation sites (tertiary alicyclic amines) is 1. The minimum absolute atomic E-state index is 0.254. The van der Waals surface area contributed by atoms with Gasteiger partial charge in [0.1, 0.15) is 11.5 Å². The molecule has 7 nitrogen and oxygen atoms in total. The normalized spacial score (nSPS) is 21.2. The maximum absolute atomic E-state index is 13.4. The van der Waals surface area contributed by atoms with Crippen LogP contribution in [-0.2, 0) is 9.63 Å². The Hall–Kier alpha value is -3.29. The fourth-order valence-corrected chi connectivity index (χ4v) is 3.58. The average Bonchev–Trinajstić information content (AvgIpc) is 3.11. The topological polar surface area (TPSA) is 83.9 Å². The summed E-state index contributed by atoms with van der Waals surface area (Å²) in [5.74, 6) is -1.05. The predicted octanol–water partition coefficient (Wildman–Crippen LogP) is 2.61. The van der Waals surface area contributed by atoms with E-state index in [1.165, 1.54) is 18.2 Å². The number of hydrogen-bond acceptors (Lipinski definition) is 5. The van der Waals surface area contributed by atoms with E-state index in [4.69, 9.17) is 4.84 Å². The molecule has 1 N–H and O–H groups in total. The number of hydrogen-bond donors (Lipinski definition) is 1. The molecule has 0 aliphatic carbocycles. The summed E-state index contributed by atoms with van der Waals surface area (Å²) in [7, 11) is 0. The van der Waals surface area contributed by atoms with E-state index < -0.39 is 11.4 Å². The van der Waals surface area contributed by atoms with Gasteiger partial charge in [-0.3, -0.25) is 14.6 Å². The summed E-state index contributed by atoms with van der Waals surface area (Å²) in [6.07, 6.45) is 4.88. The molecule has 144 valence electrons. The van der Waals surface area contributed by atoms with Crippen molar-refractivity contribution in [2.24, 2.45) is 5.16 Å². The average molecular weight is 382 g/mol. The summed E-state index contributed by atoms with van der Waals surface area (Å²) in [5.41, 5.74) is 0.431. The summed E-state index contributed by atoms with van der Waals surface area (Å²) < 4.78 is 13.4. The van der Waals surface area contributed by atoms with Crippen LogP contribution in [0.4, 0.5) is 10.1 Å². The van der Waals surface area contributed by atoms with Gasteiger partial charge in [0, 0.05) is 24.7 Å². The Kier molecular flexibility index (Phi) is 4.77. The van der Waals surface area contributed by atoms with Crippen molar-refractivity contribution in [2.45, 2.75) is 24.9 Å². The summed E-state index contributed by atoms with van der Waals surface area (Å²) >= 11 is 0. The van der Waals surface area contributed by atoms with Gasteiger partial charge in [-0.2, -0.15) is 0 Å². The molecule has 2 aliphatic heterocycles. The number of carbonyl (C=O) groups excluding carboxylic acids is 2. The largest absolute Gasteiger partial charge is 0.386 e. The van der Waals surface area contributed by atoms with Gasteiger partial charge in [-0.15, -0.1) is 0 Å². The molecule has 3 heterocycles. The fraction of sp³-hybridized carbons (Fsp3) is 0.300. The van der Waals surface area contributed by atoms with Crippen molar-refractivity contribution in [2.75, 3.05) is 18.4 Å². The Bertz CT molecular complexity index is 934. The number of piperidine rings is 1. The fourth-order valence-electron chi connectivity index (χ4n) is 3.58. The molecule has 8 heteroatoms. The molecule has 1 aromatic carbocycles. The molecular weight excluding hydrogens is 363 g/mol. The lowest BCUT2D eigenvalue weighted by Gasteiger charge is -2.38. The van der Waals surface area contributed by atoms with Crippen molar-refractivity contribution >= 4 is 23.2 Å². The quantitative estimate of drug-likeness (QED) is 0.885. The van der Waals surface area contributed by atoms with Gasteiger partial charge in [0.15, 0.2) is 5.60 Å². The van der Waals surface area contributed by atoms with E-state index in [9.17, 15) is 14.0 Å². The van der Waals surface area contributed by atoms with Crippen LogP contribution in [0.1, 0.15) is 29.6 Å². The molecule has 1 spiro atoms. The molecule has 0 bridgehead atoms. The van der Waals surface area contributed by atoms with Crippen LogP contribution in [0.25, 0.3) is 0 Å². The van der Waals surface area contributed by atoms with E-state index in [1.54, 1.807) is 35.5 Å². The lowest BCUT2D eigenvalue weighted by Crippen LogP contribution is -2.50. The molecule has 4 rings (SSSR count). The molecular formula is C20H19FN4O3. The Balaban J connectivity index is 1.42. The van der Waals surface area contributed by atoms with Gasteiger partial charge in [-0.05, 0) is 43.2 Å². The van der Waals surface area contributed by atoms with Crippen LogP contribution in [-0.4, -0.2) is 46.1 Å². The number of pyridine rings is 1. The zero-order valence-corrected chi connectivity index (χ0v) is 15.1. The van der Waals surface area contributed by atoms with Crippen LogP contribution >= 0.6 is 0 Å². The number of carbonyl (C=O) groups is 2. The Morgan fingerprint density at radius 1 is 1.25 bits per heavy atom. The highest BCUT2D eigenvalue weighted by atomic mass is 19.1. The van der Waals surface area contributed by atoms with Gasteiger partial charge in [0.2, 0.25) is 0 Å². The summed E-state index contributed by atoms with van der Waals surface area (Å²) in [6.45, 7) is 0.854. The smallest absolute Gasteiger partial charge is 0.273 e. The van der Waals surface area contributed by atoms with E-state index in [-0.39, 0.29) is 17.5 Å². The van der Waals surface area contributed by atoms with Crippen molar-refractivity contribution in [1.29, 1.82) is 0 Å². The van der Waals surface area contributed by atoms with Crippen LogP contribution < -0.4 is 5.32 Å². The monoisotopic (exact) mass is 382 g/mol. The van der Waals surface area contributed by atoms with Gasteiger partial charge in [-0.25, -0.2) is 4.39 Å². The van der Waals surface area contributed by atoms with E-state index in [2.05, 4.69) is 15.5 Å². The van der Waals surface area contributed by atoms with Crippen LogP contribution in [0.15, 0.2) is 53.9 Å². The molecule has 1 atom stereocenters. The first-order chi connectivity index (χ1) is 13.5. The first kappa shape index (κ1) is 18.1. The first-order valence-electron chi connectivity index (χ1n) is 9.06. The molecule has 0 saturated carbocycles. The van der Waals surface area contributed by atoms with Crippen molar-refractivity contribution in [3.63, 3.8) is 0 Å². The first-order valence-corrected chi connectivity index (χ1v) is 9.06. The van der Waals surface area contributed by atoms with Gasteiger partial charge in [-0.1, -0.05) is 11.2 Å². The minimum atomic E-state index is -0.719. The van der Waals surface area contributed by atoms with E-state index in [0.717, 1.165) is 0 Å². The van der Waals surface area contributed by atoms with Crippen molar-refractivity contribution < 1.29 is 18.8 Å². The van der Waals surface area contributed by atoms with Gasteiger partial charge in [0.05, 0.1) is 18.4 Å². The van der Waals surface area contributed by atoms with Crippen LogP contribution in [0, 0.1) is 5.82 Å². The second kappa shape index (κ2) is 7.38. The Morgan fingerprint density at radius 2 is 2.14 bits per heavy atom. The molecule has 2 aromatic rings. The highest BCUT2D eigenvalue weighted by Gasteiger charge is 2.45. The second-order valence-corrected chi connectivity index (χ2v) is 7.03. The van der Waals surface area contributed by atoms with Crippen molar-refractivity contribution in [1.82, 2.24) is 9.88 Å². The maximum atomic E-state index is 13.4. The maximum Gasteiger partial charge on any atom is 0.273 e. The highest BCUT2D eigenvalue weighted by molar-refractivity contribution is 6.43. The summed E-state index contributed by atoms with van der Waals surface area (Å²) in [5, 5.41) is 6.71. The number of rotatable bonds is 3. The predicted molar refractivity (Wildman–Crippen MR) is 100 cm³/mol. The number of aromatic nitrogens is 1. The SMILES string of the molecule is O=C(Nc1cccnc1)C1=NO[C@@]2(CCCN(C(=O)c3cccc(F)c3)C2)C1. The third kappa shape index (κ3) is 3.71. The zero-order chi connectivity index (χ0) is 19.6. The summed E-state index contributed by atoms with van der Waals surface area (Å²) in [6, 6.07) is 9.08. The van der Waals surface area contributed by atoms with E-state index in [0.29, 0.717) is 43.6 Å². The highest BCUT2D eigenvalue weighted by Crippen LogP contribution is 2.34. The van der Waals surface area contributed by atoms with Crippen molar-refractivity contribution in [3.05, 3.63) is 60.2 Å². The lowest BCUT2D eigenvalue weighted by atomic mass is 9.87. The van der Waals surface area contributed by atoms with E-state index in [1.807, 2.05) is 0 Å². The zero-order valence-electron chi connectivity index (χ0n) is 15.1. The van der Waals surface area contributed by atoms with E-state index >= 15 is 0 Å². The number of nitrogens with one attached hydrogen (secondary N) is 1. The number of halogens is 1. The molecule has 1 saturated heterocycles. The summed E-state index contributed by atoms with van der Waals surface area (Å²) in [4.78, 5) is 36.4.